The Bertz CT molecular complexity index is 339. The fourth-order valence-corrected chi connectivity index (χ4v) is 3.15. The van der Waals surface area contributed by atoms with Gasteiger partial charge in [0.2, 0.25) is 5.91 Å². The molecule has 0 saturated carbocycles. The summed E-state index contributed by atoms with van der Waals surface area (Å²) in [4.78, 5) is 19.2. The molecule has 21 heavy (non-hydrogen) atoms. The van der Waals surface area contributed by atoms with Crippen LogP contribution in [0, 0.1) is 0 Å². The Morgan fingerprint density at radius 1 is 1.19 bits per heavy atom. The molecule has 1 aliphatic rings. The molecule has 0 radical (unpaired) electrons. The van der Waals surface area contributed by atoms with Gasteiger partial charge in [0, 0.05) is 39.3 Å². The Labute approximate surface area is 134 Å². The van der Waals surface area contributed by atoms with Gasteiger partial charge in [-0.05, 0) is 20.3 Å². The van der Waals surface area contributed by atoms with Crippen LogP contribution < -0.4 is 5.73 Å². The lowest BCUT2D eigenvalue weighted by atomic mass is 10.1. The molecule has 0 aromatic heterocycles. The van der Waals surface area contributed by atoms with Crippen LogP contribution in [-0.2, 0) is 4.79 Å². The molecule has 1 saturated heterocycles. The van der Waals surface area contributed by atoms with E-state index in [-0.39, 0.29) is 11.9 Å². The number of nitrogens with zero attached hydrogens (tertiary/aromatic N) is 3. The smallest absolute Gasteiger partial charge is 0.236 e. The van der Waals surface area contributed by atoms with Crippen molar-refractivity contribution in [2.45, 2.75) is 39.7 Å². The van der Waals surface area contributed by atoms with E-state index < -0.39 is 0 Å². The van der Waals surface area contributed by atoms with Gasteiger partial charge in [0.25, 0.3) is 0 Å². The fourth-order valence-electron chi connectivity index (χ4n) is 2.88. The van der Waals surface area contributed by atoms with Gasteiger partial charge in [-0.2, -0.15) is 0 Å². The fraction of sp³-hybridized carbons (Fsp3) is 0.867. The molecule has 5 nitrogen and oxygen atoms in total. The van der Waals surface area contributed by atoms with E-state index in [0.29, 0.717) is 11.5 Å². The highest BCUT2D eigenvalue weighted by Crippen LogP contribution is 2.12. The highest BCUT2D eigenvalue weighted by molar-refractivity contribution is 7.80. The molecule has 6 heteroatoms. The second-order valence-corrected chi connectivity index (χ2v) is 6.06. The van der Waals surface area contributed by atoms with Crippen LogP contribution in [0.5, 0.6) is 0 Å². The number of carbonyl (C=O) groups is 1. The lowest BCUT2D eigenvalue weighted by molar-refractivity contribution is -0.132. The van der Waals surface area contributed by atoms with Gasteiger partial charge in [0.15, 0.2) is 0 Å². The summed E-state index contributed by atoms with van der Waals surface area (Å²) in [5.41, 5.74) is 5.86. The second-order valence-electron chi connectivity index (χ2n) is 5.58. The van der Waals surface area contributed by atoms with Crippen LogP contribution in [0.4, 0.5) is 0 Å². The van der Waals surface area contributed by atoms with E-state index in [4.69, 9.17) is 18.0 Å². The summed E-state index contributed by atoms with van der Waals surface area (Å²) in [6.07, 6.45) is 2.11. The summed E-state index contributed by atoms with van der Waals surface area (Å²) in [6, 6.07) is 0.214. The standard InChI is InChI=1S/C15H30N4OS/c1-4-7-13(15(16)21)19-10-8-17(9-11-19)12-14(20)18(5-2)6-3/h13H,4-12H2,1-3H3,(H2,16,21). The maximum Gasteiger partial charge on any atom is 0.236 e. The molecule has 2 N–H and O–H groups in total. The molecule has 0 aromatic carbocycles. The Kier molecular flexibility index (Phi) is 8.14. The van der Waals surface area contributed by atoms with E-state index in [0.717, 1.165) is 52.1 Å². The third-order valence-corrected chi connectivity index (χ3v) is 4.49. The SMILES string of the molecule is CCCC(C(N)=S)N1CCN(CC(=O)N(CC)CC)CC1. The maximum atomic E-state index is 12.1. The Morgan fingerprint density at radius 3 is 2.19 bits per heavy atom. The number of nitrogens with two attached hydrogens (primary N) is 1. The molecule has 1 unspecified atom stereocenters. The van der Waals surface area contributed by atoms with Crippen LogP contribution in [0.3, 0.4) is 0 Å². The van der Waals surface area contributed by atoms with Gasteiger partial charge < -0.3 is 10.6 Å². The first-order valence-corrected chi connectivity index (χ1v) is 8.47. The number of thiocarbonyl (C=S) groups is 1. The number of hydrogen-bond acceptors (Lipinski definition) is 4. The first kappa shape index (κ1) is 18.3. The van der Waals surface area contributed by atoms with E-state index in [1.165, 1.54) is 0 Å². The number of hydrogen-bond donors (Lipinski definition) is 1. The summed E-state index contributed by atoms with van der Waals surface area (Å²) >= 11 is 5.19. The van der Waals surface area contributed by atoms with Crippen molar-refractivity contribution in [2.75, 3.05) is 45.8 Å². The molecule has 0 aromatic rings. The number of amides is 1. The molecule has 1 aliphatic heterocycles. The van der Waals surface area contributed by atoms with Crippen molar-refractivity contribution in [3.63, 3.8) is 0 Å². The summed E-state index contributed by atoms with van der Waals surface area (Å²) in [6.45, 7) is 12.0. The first-order chi connectivity index (χ1) is 10.0. The van der Waals surface area contributed by atoms with Gasteiger partial charge >= 0.3 is 0 Å². The van der Waals surface area contributed by atoms with Crippen LogP contribution in [0.25, 0.3) is 0 Å². The van der Waals surface area contributed by atoms with Gasteiger partial charge in [-0.1, -0.05) is 25.6 Å². The van der Waals surface area contributed by atoms with Crippen molar-refractivity contribution >= 4 is 23.1 Å². The van der Waals surface area contributed by atoms with E-state index in [2.05, 4.69) is 16.7 Å². The number of piperazine rings is 1. The van der Waals surface area contributed by atoms with Gasteiger partial charge in [0.1, 0.15) is 0 Å². The first-order valence-electron chi connectivity index (χ1n) is 8.06. The zero-order valence-electron chi connectivity index (χ0n) is 13.7. The zero-order valence-corrected chi connectivity index (χ0v) is 14.5. The highest BCUT2D eigenvalue weighted by atomic mass is 32.1. The van der Waals surface area contributed by atoms with Crippen molar-refractivity contribution in [1.82, 2.24) is 14.7 Å². The van der Waals surface area contributed by atoms with Crippen molar-refractivity contribution in [3.05, 3.63) is 0 Å². The lowest BCUT2D eigenvalue weighted by Gasteiger charge is -2.39. The summed E-state index contributed by atoms with van der Waals surface area (Å²) < 4.78 is 0. The van der Waals surface area contributed by atoms with Crippen LogP contribution in [0.2, 0.25) is 0 Å². The van der Waals surface area contributed by atoms with Crippen LogP contribution in [-0.4, -0.2) is 77.5 Å². The average Bonchev–Trinajstić information content (AvgIpc) is 2.47. The van der Waals surface area contributed by atoms with E-state index in [1.54, 1.807) is 0 Å². The van der Waals surface area contributed by atoms with E-state index in [1.807, 2.05) is 18.7 Å². The third-order valence-electron chi connectivity index (χ3n) is 4.21. The molecule has 1 fully saturated rings. The van der Waals surface area contributed by atoms with Crippen molar-refractivity contribution < 1.29 is 4.79 Å². The predicted molar refractivity (Wildman–Crippen MR) is 91.4 cm³/mol. The lowest BCUT2D eigenvalue weighted by Crippen LogP contribution is -2.55. The molecule has 0 aliphatic carbocycles. The molecule has 0 bridgehead atoms. The second kappa shape index (κ2) is 9.33. The van der Waals surface area contributed by atoms with Gasteiger partial charge in [-0.25, -0.2) is 0 Å². The molecule has 1 rings (SSSR count). The van der Waals surface area contributed by atoms with E-state index in [9.17, 15) is 4.79 Å². The molecule has 0 spiro atoms. The van der Waals surface area contributed by atoms with Crippen molar-refractivity contribution in [3.8, 4) is 0 Å². The molecule has 1 atom stereocenters. The quantitative estimate of drug-likeness (QED) is 0.676. The number of likely N-dealkylation sites (N-methyl/N-ethyl adjacent to an activating group) is 1. The molecular formula is C15H30N4OS. The molecular weight excluding hydrogens is 284 g/mol. The van der Waals surface area contributed by atoms with Crippen LogP contribution in [0.1, 0.15) is 33.6 Å². The predicted octanol–water partition coefficient (Wildman–Crippen LogP) is 0.927. The normalized spacial score (nSPS) is 18.4. The van der Waals surface area contributed by atoms with Gasteiger partial charge in [-0.15, -0.1) is 0 Å². The average molecular weight is 314 g/mol. The van der Waals surface area contributed by atoms with Crippen LogP contribution >= 0.6 is 12.2 Å². The number of carbonyl (C=O) groups excluding carboxylic acids is 1. The maximum absolute atomic E-state index is 12.1. The minimum absolute atomic E-state index is 0.214. The zero-order chi connectivity index (χ0) is 15.8. The monoisotopic (exact) mass is 314 g/mol. The van der Waals surface area contributed by atoms with Crippen molar-refractivity contribution in [2.24, 2.45) is 5.73 Å². The summed E-state index contributed by atoms with van der Waals surface area (Å²) in [7, 11) is 0. The topological polar surface area (TPSA) is 52.8 Å². The molecule has 1 heterocycles. The summed E-state index contributed by atoms with van der Waals surface area (Å²) in [5, 5.41) is 0. The van der Waals surface area contributed by atoms with Crippen LogP contribution in [0.15, 0.2) is 0 Å². The Hall–Kier alpha value is -0.720. The molecule has 122 valence electrons. The van der Waals surface area contributed by atoms with E-state index >= 15 is 0 Å². The number of rotatable bonds is 8. The third kappa shape index (κ3) is 5.52. The minimum Gasteiger partial charge on any atom is -0.392 e. The summed E-state index contributed by atoms with van der Waals surface area (Å²) in [5.74, 6) is 0.230. The molecule has 1 amide bonds. The largest absolute Gasteiger partial charge is 0.392 e. The Balaban J connectivity index is 2.44. The van der Waals surface area contributed by atoms with Gasteiger partial charge in [-0.3, -0.25) is 14.6 Å². The Morgan fingerprint density at radius 2 is 1.76 bits per heavy atom. The van der Waals surface area contributed by atoms with Crippen molar-refractivity contribution in [1.29, 1.82) is 0 Å². The highest BCUT2D eigenvalue weighted by Gasteiger charge is 2.26. The van der Waals surface area contributed by atoms with Gasteiger partial charge in [0.05, 0.1) is 17.6 Å². The minimum atomic E-state index is 0.214.